The number of pyridine rings is 1. The van der Waals surface area contributed by atoms with E-state index in [1.807, 2.05) is 31.3 Å². The van der Waals surface area contributed by atoms with Gasteiger partial charge in [-0.1, -0.05) is 12.1 Å². The number of aliphatic hydroxyl groups is 1. The van der Waals surface area contributed by atoms with Gasteiger partial charge in [-0.05, 0) is 76.6 Å². The maximum absolute atomic E-state index is 12.5. The molecule has 2 N–H and O–H groups in total. The first kappa shape index (κ1) is 30.1. The van der Waals surface area contributed by atoms with Crippen LogP contribution in [0.3, 0.4) is 0 Å². The third-order valence-electron chi connectivity index (χ3n) is 7.53. The minimum absolute atomic E-state index is 0.0142. The van der Waals surface area contributed by atoms with Crippen LogP contribution in [0, 0.1) is 12.8 Å². The van der Waals surface area contributed by atoms with Crippen LogP contribution in [0.25, 0.3) is 0 Å². The lowest BCUT2D eigenvalue weighted by Crippen LogP contribution is -2.46. The Balaban J connectivity index is 1.61. The SMILES string of the molecule is Cc1cc(C2=Nc3cc(CN[C@H](C(=O)OC(C)C)[C@@H](C)O)ccc3CCC2CCC2COCCO2)cn(C)c1=O. The van der Waals surface area contributed by atoms with Gasteiger partial charge in [0, 0.05) is 36.8 Å². The minimum atomic E-state index is -0.899. The fraction of sp³-hybridized carbons (Fsp3) is 0.581. The monoisotopic (exact) mass is 553 g/mol. The van der Waals surface area contributed by atoms with Gasteiger partial charge in [0.2, 0.25) is 0 Å². The van der Waals surface area contributed by atoms with Crippen molar-refractivity contribution in [3.8, 4) is 0 Å². The molecule has 218 valence electrons. The first-order chi connectivity index (χ1) is 19.1. The molecule has 1 aromatic carbocycles. The molecule has 0 radical (unpaired) electrons. The standard InChI is InChI=1S/C31H43N3O6/c1-19(2)40-31(37)28(21(4)35)32-16-22-6-7-23-8-9-24(10-11-26-18-38-12-13-39-26)29(33-27(23)15-22)25-14-20(3)30(36)34(5)17-25/h6-7,14-15,17,19,21,24,26,28,32,35H,8-13,16,18H2,1-5H3/t21-,24?,26?,28+/m1/s1. The van der Waals surface area contributed by atoms with E-state index in [2.05, 4.69) is 11.4 Å². The molecule has 2 aliphatic rings. The van der Waals surface area contributed by atoms with Crippen molar-refractivity contribution in [1.82, 2.24) is 9.88 Å². The molecule has 2 unspecified atom stereocenters. The second kappa shape index (κ2) is 13.7. The molecule has 1 aromatic heterocycles. The van der Waals surface area contributed by atoms with Crippen molar-refractivity contribution in [2.75, 3.05) is 19.8 Å². The van der Waals surface area contributed by atoms with Gasteiger partial charge >= 0.3 is 5.97 Å². The molecule has 4 rings (SSSR count). The molecular weight excluding hydrogens is 510 g/mol. The highest BCUT2D eigenvalue weighted by molar-refractivity contribution is 6.04. The number of nitrogens with zero attached hydrogens (tertiary/aromatic N) is 2. The number of aromatic nitrogens is 1. The Hall–Kier alpha value is -2.85. The number of rotatable bonds is 10. The van der Waals surface area contributed by atoms with Crippen molar-refractivity contribution < 1.29 is 24.1 Å². The molecule has 0 bridgehead atoms. The second-order valence-electron chi connectivity index (χ2n) is 11.3. The molecule has 0 amide bonds. The number of carbonyl (C=O) groups is 1. The summed E-state index contributed by atoms with van der Waals surface area (Å²) in [7, 11) is 1.78. The Bertz CT molecular complexity index is 1240. The van der Waals surface area contributed by atoms with Crippen LogP contribution in [0.1, 0.15) is 62.3 Å². The normalized spacial score (nSPS) is 20.8. The summed E-state index contributed by atoms with van der Waals surface area (Å²) in [5.41, 5.74) is 5.60. The van der Waals surface area contributed by atoms with E-state index in [1.54, 1.807) is 32.4 Å². The van der Waals surface area contributed by atoms with Crippen molar-refractivity contribution >= 4 is 17.4 Å². The molecule has 2 aliphatic heterocycles. The number of aliphatic imine (C=N–C) groups is 1. The third kappa shape index (κ3) is 7.66. The van der Waals surface area contributed by atoms with Gasteiger partial charge in [-0.3, -0.25) is 19.9 Å². The van der Waals surface area contributed by atoms with Crippen molar-refractivity contribution in [1.29, 1.82) is 0 Å². The van der Waals surface area contributed by atoms with Gasteiger partial charge in [0.05, 0.1) is 49.5 Å². The minimum Gasteiger partial charge on any atom is -0.462 e. The highest BCUT2D eigenvalue weighted by Gasteiger charge is 2.27. The zero-order valence-corrected chi connectivity index (χ0v) is 24.3. The molecule has 1 saturated heterocycles. The lowest BCUT2D eigenvalue weighted by atomic mass is 9.87. The van der Waals surface area contributed by atoms with E-state index in [1.165, 1.54) is 0 Å². The zero-order chi connectivity index (χ0) is 28.8. The fourth-order valence-electron chi connectivity index (χ4n) is 5.40. The third-order valence-corrected chi connectivity index (χ3v) is 7.53. The summed E-state index contributed by atoms with van der Waals surface area (Å²) in [6.07, 6.45) is 4.41. The van der Waals surface area contributed by atoms with Crippen LogP contribution in [0.4, 0.5) is 5.69 Å². The molecule has 1 fully saturated rings. The van der Waals surface area contributed by atoms with Gasteiger partial charge in [-0.25, -0.2) is 0 Å². The highest BCUT2D eigenvalue weighted by atomic mass is 16.6. The number of aliphatic hydroxyl groups excluding tert-OH is 1. The number of benzene rings is 1. The molecule has 0 saturated carbocycles. The highest BCUT2D eigenvalue weighted by Crippen LogP contribution is 2.33. The molecule has 9 nitrogen and oxygen atoms in total. The Kier molecular flexibility index (Phi) is 10.3. The lowest BCUT2D eigenvalue weighted by molar-refractivity contribution is -0.152. The number of fused-ring (bicyclic) bond motifs is 1. The van der Waals surface area contributed by atoms with E-state index in [-0.39, 0.29) is 23.7 Å². The smallest absolute Gasteiger partial charge is 0.326 e. The summed E-state index contributed by atoms with van der Waals surface area (Å²) >= 11 is 0. The predicted molar refractivity (Wildman–Crippen MR) is 154 cm³/mol. The van der Waals surface area contributed by atoms with Crippen molar-refractivity contribution in [3.63, 3.8) is 0 Å². The van der Waals surface area contributed by atoms with Gasteiger partial charge in [0.25, 0.3) is 5.56 Å². The maximum Gasteiger partial charge on any atom is 0.326 e. The van der Waals surface area contributed by atoms with Crippen LogP contribution in [-0.2, 0) is 39.0 Å². The molecule has 9 heteroatoms. The first-order valence-corrected chi connectivity index (χ1v) is 14.3. The van der Waals surface area contributed by atoms with Crippen LogP contribution < -0.4 is 10.9 Å². The molecular formula is C31H43N3O6. The van der Waals surface area contributed by atoms with Gasteiger partial charge in [0.1, 0.15) is 6.04 Å². The number of hydrogen-bond donors (Lipinski definition) is 2. The number of esters is 1. The summed E-state index contributed by atoms with van der Waals surface area (Å²) in [4.78, 5) is 30.1. The lowest BCUT2D eigenvalue weighted by Gasteiger charge is -2.25. The van der Waals surface area contributed by atoms with Crippen LogP contribution in [0.15, 0.2) is 40.2 Å². The Labute approximate surface area is 236 Å². The summed E-state index contributed by atoms with van der Waals surface area (Å²) in [6, 6.07) is 7.30. The van der Waals surface area contributed by atoms with Crippen molar-refractivity contribution in [3.05, 3.63) is 63.1 Å². The van der Waals surface area contributed by atoms with E-state index < -0.39 is 18.1 Å². The topological polar surface area (TPSA) is 111 Å². The second-order valence-corrected chi connectivity index (χ2v) is 11.3. The van der Waals surface area contributed by atoms with E-state index in [0.29, 0.717) is 31.9 Å². The summed E-state index contributed by atoms with van der Waals surface area (Å²) < 4.78 is 18.5. The van der Waals surface area contributed by atoms with E-state index in [0.717, 1.165) is 53.8 Å². The van der Waals surface area contributed by atoms with E-state index in [9.17, 15) is 14.7 Å². The Morgan fingerprint density at radius 3 is 2.70 bits per heavy atom. The molecule has 3 heterocycles. The number of hydrogen-bond acceptors (Lipinski definition) is 8. The predicted octanol–water partition coefficient (Wildman–Crippen LogP) is 3.36. The van der Waals surface area contributed by atoms with Crippen molar-refractivity contribution in [2.45, 2.75) is 84.3 Å². The summed E-state index contributed by atoms with van der Waals surface area (Å²) in [5.74, 6) is -0.276. The summed E-state index contributed by atoms with van der Waals surface area (Å²) in [5, 5.41) is 13.3. The Morgan fingerprint density at radius 1 is 1.23 bits per heavy atom. The van der Waals surface area contributed by atoms with Crippen LogP contribution in [0.5, 0.6) is 0 Å². The first-order valence-electron chi connectivity index (χ1n) is 14.3. The van der Waals surface area contributed by atoms with E-state index >= 15 is 0 Å². The van der Waals surface area contributed by atoms with Crippen LogP contribution in [0.2, 0.25) is 0 Å². The molecule has 40 heavy (non-hydrogen) atoms. The van der Waals surface area contributed by atoms with Gasteiger partial charge < -0.3 is 23.9 Å². The number of nitrogens with one attached hydrogen (secondary N) is 1. The van der Waals surface area contributed by atoms with Gasteiger partial charge in [-0.15, -0.1) is 0 Å². The zero-order valence-electron chi connectivity index (χ0n) is 24.3. The van der Waals surface area contributed by atoms with Gasteiger partial charge in [-0.2, -0.15) is 0 Å². The summed E-state index contributed by atoms with van der Waals surface area (Å²) in [6.45, 7) is 9.26. The number of carbonyl (C=O) groups excluding carboxylic acids is 1. The van der Waals surface area contributed by atoms with Crippen molar-refractivity contribution in [2.24, 2.45) is 18.0 Å². The molecule has 4 atom stereocenters. The number of aryl methyl sites for hydroxylation is 3. The Morgan fingerprint density at radius 2 is 2.02 bits per heavy atom. The molecule has 0 spiro atoms. The maximum atomic E-state index is 12.5. The molecule has 0 aliphatic carbocycles. The quantitative estimate of drug-likeness (QED) is 0.434. The largest absolute Gasteiger partial charge is 0.462 e. The van der Waals surface area contributed by atoms with Crippen LogP contribution in [-0.4, -0.2) is 65.5 Å². The molecule has 2 aromatic rings. The number of ether oxygens (including phenoxy) is 3. The van der Waals surface area contributed by atoms with Gasteiger partial charge in [0.15, 0.2) is 0 Å². The van der Waals surface area contributed by atoms with Crippen LogP contribution >= 0.6 is 0 Å². The van der Waals surface area contributed by atoms with E-state index in [4.69, 9.17) is 19.2 Å². The average molecular weight is 554 g/mol. The fourth-order valence-corrected chi connectivity index (χ4v) is 5.40. The average Bonchev–Trinajstić information content (AvgIpc) is 3.09.